The lowest BCUT2D eigenvalue weighted by atomic mass is 10.2. The maximum atomic E-state index is 11.8. The lowest BCUT2D eigenvalue weighted by Crippen LogP contribution is -2.32. The maximum Gasteiger partial charge on any atom is 0.573 e. The first-order chi connectivity index (χ1) is 7.78. The summed E-state index contributed by atoms with van der Waals surface area (Å²) in [6.45, 7) is 1.50. The van der Waals surface area contributed by atoms with E-state index in [1.54, 1.807) is 0 Å². The Kier molecular flexibility index (Phi) is 5.93. The Morgan fingerprint density at radius 2 is 1.83 bits per heavy atom. The first-order valence-electron chi connectivity index (χ1n) is 4.70. The molecule has 0 heterocycles. The lowest BCUT2D eigenvalue weighted by Gasteiger charge is -2.10. The Balaban J connectivity index is 0.00000289. The summed E-state index contributed by atoms with van der Waals surface area (Å²) in [5, 5.41) is 2.43. The minimum absolute atomic E-state index is 0. The van der Waals surface area contributed by atoms with Gasteiger partial charge in [-0.2, -0.15) is 0 Å². The number of nitrogens with two attached hydrogens (primary N) is 1. The highest BCUT2D eigenvalue weighted by Crippen LogP contribution is 2.23. The highest BCUT2D eigenvalue weighted by molar-refractivity contribution is 5.94. The van der Waals surface area contributed by atoms with Crippen LogP contribution in [0.4, 0.5) is 18.9 Å². The van der Waals surface area contributed by atoms with E-state index in [0.717, 1.165) is 12.1 Å². The van der Waals surface area contributed by atoms with Crippen LogP contribution < -0.4 is 15.8 Å². The number of alkyl halides is 3. The van der Waals surface area contributed by atoms with Gasteiger partial charge in [0.2, 0.25) is 5.91 Å². The molecule has 0 aromatic heterocycles. The number of anilines is 1. The summed E-state index contributed by atoms with van der Waals surface area (Å²) in [5.41, 5.74) is 5.66. The van der Waals surface area contributed by atoms with Gasteiger partial charge in [-0.15, -0.1) is 25.6 Å². The molecule has 1 aromatic carbocycles. The topological polar surface area (TPSA) is 64.4 Å². The average Bonchev–Trinajstić information content (AvgIpc) is 2.18. The molecule has 3 N–H and O–H groups in total. The molecule has 0 aliphatic carbocycles. The largest absolute Gasteiger partial charge is 0.573 e. The molecule has 4 nitrogen and oxygen atoms in total. The second-order valence-electron chi connectivity index (χ2n) is 3.35. The third-order valence-electron chi connectivity index (χ3n) is 1.77. The van der Waals surface area contributed by atoms with E-state index in [0.29, 0.717) is 5.69 Å². The molecule has 0 aliphatic heterocycles. The first-order valence-corrected chi connectivity index (χ1v) is 4.70. The van der Waals surface area contributed by atoms with Crippen molar-refractivity contribution >= 4 is 24.0 Å². The smallest absolute Gasteiger partial charge is 0.406 e. The monoisotopic (exact) mass is 284 g/mol. The van der Waals surface area contributed by atoms with Gasteiger partial charge >= 0.3 is 6.36 Å². The molecule has 1 atom stereocenters. The summed E-state index contributed by atoms with van der Waals surface area (Å²) >= 11 is 0. The molecule has 0 bridgehead atoms. The number of nitrogens with one attached hydrogen (secondary N) is 1. The fourth-order valence-corrected chi connectivity index (χ4v) is 0.996. The highest BCUT2D eigenvalue weighted by atomic mass is 35.5. The second-order valence-corrected chi connectivity index (χ2v) is 3.35. The van der Waals surface area contributed by atoms with Crippen molar-refractivity contribution in [3.63, 3.8) is 0 Å². The Hall–Kier alpha value is -1.47. The number of hydrogen-bond donors (Lipinski definition) is 2. The van der Waals surface area contributed by atoms with Gasteiger partial charge in [-0.25, -0.2) is 0 Å². The molecule has 0 saturated heterocycles. The van der Waals surface area contributed by atoms with Gasteiger partial charge in [-0.1, -0.05) is 0 Å². The third-order valence-corrected chi connectivity index (χ3v) is 1.77. The van der Waals surface area contributed by atoms with Crippen LogP contribution >= 0.6 is 12.4 Å². The van der Waals surface area contributed by atoms with Crippen molar-refractivity contribution in [2.24, 2.45) is 5.73 Å². The van der Waals surface area contributed by atoms with Crippen molar-refractivity contribution in [2.45, 2.75) is 19.3 Å². The van der Waals surface area contributed by atoms with E-state index in [9.17, 15) is 18.0 Å². The fourth-order valence-electron chi connectivity index (χ4n) is 0.996. The number of halogens is 4. The van der Waals surface area contributed by atoms with Gasteiger partial charge in [0.05, 0.1) is 6.04 Å². The minimum Gasteiger partial charge on any atom is -0.406 e. The van der Waals surface area contributed by atoms with Crippen molar-refractivity contribution in [3.8, 4) is 5.75 Å². The van der Waals surface area contributed by atoms with Crippen molar-refractivity contribution in [2.75, 3.05) is 5.32 Å². The summed E-state index contributed by atoms with van der Waals surface area (Å²) in [6, 6.07) is 4.10. The molecule has 0 spiro atoms. The second kappa shape index (κ2) is 6.46. The molecule has 1 aromatic rings. The number of carbonyl (C=O) groups excluding carboxylic acids is 1. The van der Waals surface area contributed by atoms with Crippen molar-refractivity contribution in [3.05, 3.63) is 24.3 Å². The summed E-state index contributed by atoms with van der Waals surface area (Å²) in [6.07, 6.45) is -4.73. The van der Waals surface area contributed by atoms with Gasteiger partial charge in [0, 0.05) is 5.69 Å². The zero-order valence-electron chi connectivity index (χ0n) is 9.32. The number of hydrogen-bond acceptors (Lipinski definition) is 3. The van der Waals surface area contributed by atoms with Crippen LogP contribution in [0.1, 0.15) is 6.92 Å². The van der Waals surface area contributed by atoms with E-state index in [2.05, 4.69) is 10.1 Å². The van der Waals surface area contributed by atoms with E-state index in [1.807, 2.05) is 0 Å². The lowest BCUT2D eigenvalue weighted by molar-refractivity contribution is -0.274. The standard InChI is InChI=1S/C10H11F3N2O2.ClH/c1-6(14)9(16)15-7-2-4-8(5-3-7)17-10(11,12)13;/h2-6H,14H2,1H3,(H,15,16);1H/t6-;/m1./s1. The Bertz CT molecular complexity index is 393. The van der Waals surface area contributed by atoms with E-state index in [1.165, 1.54) is 19.1 Å². The predicted molar refractivity (Wildman–Crippen MR) is 62.7 cm³/mol. The van der Waals surface area contributed by atoms with Gasteiger partial charge in [0.1, 0.15) is 5.75 Å². The van der Waals surface area contributed by atoms with E-state index in [-0.39, 0.29) is 18.2 Å². The summed E-state index contributed by atoms with van der Waals surface area (Å²) < 4.78 is 39.2. The van der Waals surface area contributed by atoms with Crippen molar-refractivity contribution in [1.29, 1.82) is 0 Å². The molecule has 18 heavy (non-hydrogen) atoms. The Morgan fingerprint density at radius 3 is 2.22 bits per heavy atom. The number of benzene rings is 1. The summed E-state index contributed by atoms with van der Waals surface area (Å²) in [7, 11) is 0. The van der Waals surface area contributed by atoms with Crippen LogP contribution in [0.25, 0.3) is 0 Å². The van der Waals surface area contributed by atoms with Gasteiger partial charge in [-0.3, -0.25) is 4.79 Å². The SMILES string of the molecule is C[C@@H](N)C(=O)Nc1ccc(OC(F)(F)F)cc1.Cl. The van der Waals surface area contributed by atoms with Crippen molar-refractivity contribution < 1.29 is 22.7 Å². The predicted octanol–water partition coefficient (Wildman–Crippen LogP) is 2.29. The summed E-state index contributed by atoms with van der Waals surface area (Å²) in [5.74, 6) is -0.772. The molecule has 1 rings (SSSR count). The number of rotatable bonds is 3. The number of ether oxygens (including phenoxy) is 1. The van der Waals surface area contributed by atoms with Crippen LogP contribution in [-0.2, 0) is 4.79 Å². The molecular weight excluding hydrogens is 273 g/mol. The van der Waals surface area contributed by atoms with Crippen LogP contribution in [0.5, 0.6) is 5.75 Å². The Morgan fingerprint density at radius 1 is 1.33 bits per heavy atom. The van der Waals surface area contributed by atoms with E-state index >= 15 is 0 Å². The average molecular weight is 285 g/mol. The Labute approximate surface area is 108 Å². The number of amides is 1. The van der Waals surface area contributed by atoms with Gasteiger partial charge in [0.15, 0.2) is 0 Å². The minimum atomic E-state index is -4.73. The van der Waals surface area contributed by atoms with Gasteiger partial charge < -0.3 is 15.8 Å². The van der Waals surface area contributed by atoms with Crippen LogP contribution in [-0.4, -0.2) is 18.3 Å². The normalized spacial score (nSPS) is 12.3. The fraction of sp³-hybridized carbons (Fsp3) is 0.300. The molecule has 0 fully saturated rings. The van der Waals surface area contributed by atoms with Crippen LogP contribution in [0.3, 0.4) is 0 Å². The van der Waals surface area contributed by atoms with Gasteiger partial charge in [-0.05, 0) is 31.2 Å². The molecule has 0 aliphatic rings. The maximum absolute atomic E-state index is 11.8. The zero-order chi connectivity index (χ0) is 13.1. The molecule has 102 valence electrons. The molecular formula is C10H12ClF3N2O2. The molecule has 1 amide bonds. The molecule has 0 unspecified atom stereocenters. The van der Waals surface area contributed by atoms with Crippen LogP contribution in [0.15, 0.2) is 24.3 Å². The first kappa shape index (κ1) is 16.5. The van der Waals surface area contributed by atoms with Crippen LogP contribution in [0, 0.1) is 0 Å². The highest BCUT2D eigenvalue weighted by Gasteiger charge is 2.30. The number of carbonyl (C=O) groups is 1. The quantitative estimate of drug-likeness (QED) is 0.895. The summed E-state index contributed by atoms with van der Waals surface area (Å²) in [4.78, 5) is 11.2. The third kappa shape index (κ3) is 5.74. The molecule has 8 heteroatoms. The zero-order valence-corrected chi connectivity index (χ0v) is 10.1. The molecule has 0 radical (unpaired) electrons. The van der Waals surface area contributed by atoms with Crippen molar-refractivity contribution in [1.82, 2.24) is 0 Å². The van der Waals surface area contributed by atoms with E-state index in [4.69, 9.17) is 5.73 Å². The molecule has 0 saturated carbocycles. The van der Waals surface area contributed by atoms with Crippen LogP contribution in [0.2, 0.25) is 0 Å². The van der Waals surface area contributed by atoms with Gasteiger partial charge in [0.25, 0.3) is 0 Å². The van der Waals surface area contributed by atoms with E-state index < -0.39 is 18.3 Å².